The van der Waals surface area contributed by atoms with Gasteiger partial charge in [0.1, 0.15) is 30.3 Å². The third-order valence-electron chi connectivity index (χ3n) is 7.89. The molecule has 2 atom stereocenters. The highest BCUT2D eigenvalue weighted by Gasteiger charge is 2.41. The zero-order valence-electron chi connectivity index (χ0n) is 25.3. The number of ether oxygens (including phenoxy) is 3. The maximum absolute atomic E-state index is 13.6. The summed E-state index contributed by atoms with van der Waals surface area (Å²) >= 11 is 0. The molecule has 0 unspecified atom stereocenters. The minimum atomic E-state index is -0.842. The Labute approximate surface area is 248 Å². The second-order valence-electron chi connectivity index (χ2n) is 11.4. The first kappa shape index (κ1) is 32.8. The van der Waals surface area contributed by atoms with Gasteiger partial charge in [0.25, 0.3) is 5.91 Å². The number of ketones is 2. The van der Waals surface area contributed by atoms with Gasteiger partial charge in [-0.1, -0.05) is 39.0 Å². The summed E-state index contributed by atoms with van der Waals surface area (Å²) in [6, 6.07) is 11.7. The van der Waals surface area contributed by atoms with Gasteiger partial charge in [-0.2, -0.15) is 0 Å². The minimum absolute atomic E-state index is 0.0402. The van der Waals surface area contributed by atoms with Crippen LogP contribution in [-0.2, 0) is 36.9 Å². The van der Waals surface area contributed by atoms with Crippen molar-refractivity contribution in [2.75, 3.05) is 20.3 Å². The van der Waals surface area contributed by atoms with Crippen LogP contribution in [0.25, 0.3) is 0 Å². The molecule has 3 rings (SSSR count). The average molecular weight is 582 g/mol. The summed E-state index contributed by atoms with van der Waals surface area (Å²) in [5.41, 5.74) is 1.51. The summed E-state index contributed by atoms with van der Waals surface area (Å²) in [4.78, 5) is 52.6. The predicted octanol–water partition coefficient (Wildman–Crippen LogP) is 4.76. The van der Waals surface area contributed by atoms with E-state index in [2.05, 4.69) is 0 Å². The van der Waals surface area contributed by atoms with E-state index in [0.29, 0.717) is 55.7 Å². The van der Waals surface area contributed by atoms with Crippen LogP contribution in [0.15, 0.2) is 42.5 Å². The number of methoxy groups -OCH3 is 1. The lowest BCUT2D eigenvalue weighted by atomic mass is 9.84. The van der Waals surface area contributed by atoms with Gasteiger partial charge in [-0.3, -0.25) is 14.4 Å². The van der Waals surface area contributed by atoms with Crippen molar-refractivity contribution in [2.24, 2.45) is 5.41 Å². The number of hydrogen-bond donors (Lipinski definition) is 1. The maximum atomic E-state index is 13.6. The Kier molecular flexibility index (Phi) is 11.7. The molecule has 1 aliphatic heterocycles. The van der Waals surface area contributed by atoms with E-state index in [-0.39, 0.29) is 19.0 Å². The molecule has 0 bridgehead atoms. The van der Waals surface area contributed by atoms with Crippen molar-refractivity contribution in [3.8, 4) is 11.5 Å². The highest BCUT2D eigenvalue weighted by atomic mass is 16.5. The number of aliphatic hydroxyl groups excluding tert-OH is 1. The standard InChI is InChI=1S/C33H43NO8/c1-6-33(3,4)30(37)31(38)34-18-8-7-9-27(34)32(39)42-29(24-12-14-26(15-13-24)41-21-22(2)36)17-11-23-10-16-28(40-5)25(19-23)20-35/h10,12-16,19,27,29,35H,6-9,11,17-18,20-21H2,1-5H3/t27-,29+/m1/s1. The molecule has 42 heavy (non-hydrogen) atoms. The fourth-order valence-electron chi connectivity index (χ4n) is 4.88. The molecule has 2 aromatic carbocycles. The van der Waals surface area contributed by atoms with Crippen LogP contribution in [0.5, 0.6) is 11.5 Å². The van der Waals surface area contributed by atoms with E-state index in [4.69, 9.17) is 14.2 Å². The van der Waals surface area contributed by atoms with Gasteiger partial charge in [0.05, 0.1) is 13.7 Å². The van der Waals surface area contributed by atoms with Crippen LogP contribution in [0.4, 0.5) is 0 Å². The van der Waals surface area contributed by atoms with Gasteiger partial charge < -0.3 is 24.2 Å². The van der Waals surface area contributed by atoms with Gasteiger partial charge in [-0.25, -0.2) is 4.79 Å². The second-order valence-corrected chi connectivity index (χ2v) is 11.4. The summed E-state index contributed by atoms with van der Waals surface area (Å²) in [6.07, 6.45) is 2.71. The molecular formula is C33H43NO8. The van der Waals surface area contributed by atoms with Crippen molar-refractivity contribution >= 4 is 23.4 Å². The molecule has 1 N–H and O–H groups in total. The predicted molar refractivity (Wildman–Crippen MR) is 157 cm³/mol. The van der Waals surface area contributed by atoms with Gasteiger partial charge in [0.15, 0.2) is 5.78 Å². The summed E-state index contributed by atoms with van der Waals surface area (Å²) in [6.45, 7) is 6.91. The van der Waals surface area contributed by atoms with E-state index in [0.717, 1.165) is 17.5 Å². The minimum Gasteiger partial charge on any atom is -0.496 e. The Balaban J connectivity index is 1.84. The highest BCUT2D eigenvalue weighted by molar-refractivity contribution is 6.38. The Morgan fingerprint density at radius 3 is 2.40 bits per heavy atom. The van der Waals surface area contributed by atoms with Crippen LogP contribution in [0.2, 0.25) is 0 Å². The molecular weight excluding hydrogens is 538 g/mol. The number of amides is 1. The molecule has 1 saturated heterocycles. The van der Waals surface area contributed by atoms with Crippen LogP contribution in [-0.4, -0.2) is 59.8 Å². The topological polar surface area (TPSA) is 119 Å². The van der Waals surface area contributed by atoms with Crippen molar-refractivity contribution in [3.05, 3.63) is 59.2 Å². The molecule has 228 valence electrons. The van der Waals surface area contributed by atoms with Crippen LogP contribution >= 0.6 is 0 Å². The van der Waals surface area contributed by atoms with E-state index >= 15 is 0 Å². The molecule has 1 aliphatic rings. The largest absolute Gasteiger partial charge is 0.496 e. The van der Waals surface area contributed by atoms with E-state index in [1.807, 2.05) is 19.1 Å². The lowest BCUT2D eigenvalue weighted by Gasteiger charge is -2.36. The molecule has 1 heterocycles. The fourth-order valence-corrected chi connectivity index (χ4v) is 4.88. The second kappa shape index (κ2) is 15.0. The summed E-state index contributed by atoms with van der Waals surface area (Å²) in [5, 5.41) is 9.73. The molecule has 0 spiro atoms. The van der Waals surface area contributed by atoms with Crippen LogP contribution < -0.4 is 9.47 Å². The molecule has 0 aliphatic carbocycles. The zero-order valence-corrected chi connectivity index (χ0v) is 25.3. The van der Waals surface area contributed by atoms with Gasteiger partial charge in [0.2, 0.25) is 5.78 Å². The number of carbonyl (C=O) groups excluding carboxylic acids is 4. The van der Waals surface area contributed by atoms with Crippen molar-refractivity contribution in [1.29, 1.82) is 0 Å². The van der Waals surface area contributed by atoms with Crippen LogP contribution in [0.1, 0.15) is 82.6 Å². The molecule has 9 heteroatoms. The Morgan fingerprint density at radius 1 is 1.07 bits per heavy atom. The monoisotopic (exact) mass is 581 g/mol. The van der Waals surface area contributed by atoms with Gasteiger partial charge in [-0.15, -0.1) is 0 Å². The van der Waals surface area contributed by atoms with Gasteiger partial charge in [0, 0.05) is 17.5 Å². The Hall–Kier alpha value is -3.72. The smallest absolute Gasteiger partial charge is 0.329 e. The number of aryl methyl sites for hydroxylation is 1. The van der Waals surface area contributed by atoms with E-state index in [1.54, 1.807) is 51.3 Å². The molecule has 1 amide bonds. The number of carbonyl (C=O) groups is 4. The SMILES string of the molecule is CCC(C)(C)C(=O)C(=O)N1CCCC[C@@H]1C(=O)O[C@@H](CCc1ccc(OC)c(CO)c1)c1ccc(OCC(C)=O)cc1. The number of piperidine rings is 1. The maximum Gasteiger partial charge on any atom is 0.329 e. The molecule has 9 nitrogen and oxygen atoms in total. The summed E-state index contributed by atoms with van der Waals surface area (Å²) in [5.74, 6) is -0.669. The van der Waals surface area contributed by atoms with Crippen molar-refractivity contribution in [2.45, 2.75) is 85.0 Å². The molecule has 0 saturated carbocycles. The summed E-state index contributed by atoms with van der Waals surface area (Å²) < 4.78 is 16.9. The number of Topliss-reactive ketones (excluding diaryl/α,β-unsaturated/α-hetero) is 2. The number of nitrogens with zero attached hydrogens (tertiary/aromatic N) is 1. The first-order chi connectivity index (χ1) is 20.0. The first-order valence-corrected chi connectivity index (χ1v) is 14.6. The molecule has 2 aromatic rings. The zero-order chi connectivity index (χ0) is 30.9. The number of likely N-dealkylation sites (tertiary alicyclic amines) is 1. The highest BCUT2D eigenvalue weighted by Crippen LogP contribution is 2.30. The van der Waals surface area contributed by atoms with Crippen molar-refractivity contribution in [1.82, 2.24) is 4.90 Å². The average Bonchev–Trinajstić information content (AvgIpc) is 3.01. The van der Waals surface area contributed by atoms with Crippen molar-refractivity contribution in [3.63, 3.8) is 0 Å². The number of rotatable bonds is 14. The molecule has 0 radical (unpaired) electrons. The first-order valence-electron chi connectivity index (χ1n) is 14.6. The lowest BCUT2D eigenvalue weighted by molar-refractivity contribution is -0.164. The third kappa shape index (κ3) is 8.41. The fraction of sp³-hybridized carbons (Fsp3) is 0.515. The van der Waals surface area contributed by atoms with Crippen molar-refractivity contribution < 1.29 is 38.5 Å². The summed E-state index contributed by atoms with van der Waals surface area (Å²) in [7, 11) is 1.55. The lowest BCUT2D eigenvalue weighted by Crippen LogP contribution is -2.53. The molecule has 1 fully saturated rings. The Morgan fingerprint density at radius 2 is 1.79 bits per heavy atom. The third-order valence-corrected chi connectivity index (χ3v) is 7.89. The number of benzene rings is 2. The van der Waals surface area contributed by atoms with Gasteiger partial charge >= 0.3 is 5.97 Å². The van der Waals surface area contributed by atoms with Crippen LogP contribution in [0.3, 0.4) is 0 Å². The normalized spacial score (nSPS) is 16.0. The van der Waals surface area contributed by atoms with Crippen LogP contribution in [0, 0.1) is 5.41 Å². The number of hydrogen-bond acceptors (Lipinski definition) is 8. The van der Waals surface area contributed by atoms with E-state index in [1.165, 1.54) is 11.8 Å². The quantitative estimate of drug-likeness (QED) is 0.251. The number of esters is 1. The van der Waals surface area contributed by atoms with E-state index in [9.17, 15) is 24.3 Å². The molecule has 0 aromatic heterocycles. The van der Waals surface area contributed by atoms with E-state index < -0.39 is 35.2 Å². The number of aliphatic hydroxyl groups is 1. The van der Waals surface area contributed by atoms with Gasteiger partial charge in [-0.05, 0) is 80.8 Å². The Bertz CT molecular complexity index is 1250.